The summed E-state index contributed by atoms with van der Waals surface area (Å²) < 4.78 is 18.0. The fraction of sp³-hybridized carbons (Fsp3) is 1.00. The lowest BCUT2D eigenvalue weighted by molar-refractivity contribution is -0.137. The van der Waals surface area contributed by atoms with Crippen LogP contribution >= 0.6 is 0 Å². The van der Waals surface area contributed by atoms with Gasteiger partial charge in [-0.25, -0.2) is 4.39 Å². The van der Waals surface area contributed by atoms with E-state index in [9.17, 15) is 4.39 Å². The van der Waals surface area contributed by atoms with Crippen LogP contribution in [0.25, 0.3) is 0 Å². The van der Waals surface area contributed by atoms with Crippen molar-refractivity contribution in [3.05, 3.63) is 0 Å². The van der Waals surface area contributed by atoms with Crippen LogP contribution in [0, 0.1) is 0 Å². The molecular formula is C7H13FO2. The van der Waals surface area contributed by atoms with E-state index in [0.717, 1.165) is 6.42 Å². The molecule has 0 aromatic carbocycles. The zero-order chi connectivity index (χ0) is 7.78. The highest BCUT2D eigenvalue weighted by atomic mass is 19.1. The van der Waals surface area contributed by atoms with Gasteiger partial charge in [-0.15, -0.1) is 0 Å². The van der Waals surface area contributed by atoms with Crippen LogP contribution < -0.4 is 0 Å². The van der Waals surface area contributed by atoms with Gasteiger partial charge in [-0.3, -0.25) is 0 Å². The molecule has 1 unspecified atom stereocenters. The lowest BCUT2D eigenvalue weighted by atomic mass is 10.0. The fourth-order valence-corrected chi connectivity index (χ4v) is 1.16. The van der Waals surface area contributed by atoms with Gasteiger partial charge in [-0.05, 0) is 13.3 Å². The normalized spacial score (nSPS) is 48.0. The van der Waals surface area contributed by atoms with Crippen LogP contribution in [0.1, 0.15) is 26.7 Å². The molecule has 1 aliphatic heterocycles. The lowest BCUT2D eigenvalue weighted by Gasteiger charge is -2.14. The molecule has 3 heteroatoms. The molecular weight excluding hydrogens is 135 g/mol. The first-order chi connectivity index (χ1) is 4.56. The molecule has 0 amide bonds. The van der Waals surface area contributed by atoms with Crippen LogP contribution in [0.5, 0.6) is 0 Å². The van der Waals surface area contributed by atoms with E-state index in [1.807, 2.05) is 6.92 Å². The summed E-state index contributed by atoms with van der Waals surface area (Å²) in [5.41, 5.74) is -1.54. The standard InChI is InChI=1S/C7H13FO2/c1-3-5-4-7(2,8)6(9)10-5/h5-6,9H,3-4H2,1-2H3/t5?,6-,7+/m0/s1. The quantitative estimate of drug-likeness (QED) is 0.606. The average molecular weight is 148 g/mol. The van der Waals surface area contributed by atoms with Crippen molar-refractivity contribution in [1.29, 1.82) is 0 Å². The van der Waals surface area contributed by atoms with Crippen LogP contribution in [0.4, 0.5) is 4.39 Å². The highest BCUT2D eigenvalue weighted by Gasteiger charge is 2.43. The van der Waals surface area contributed by atoms with Crippen LogP contribution in [0.2, 0.25) is 0 Å². The first kappa shape index (κ1) is 7.95. The van der Waals surface area contributed by atoms with E-state index in [0.29, 0.717) is 6.42 Å². The predicted octanol–water partition coefficient (Wildman–Crippen LogP) is 1.23. The molecule has 2 nitrogen and oxygen atoms in total. The summed E-state index contributed by atoms with van der Waals surface area (Å²) in [4.78, 5) is 0. The molecule has 1 heterocycles. The van der Waals surface area contributed by atoms with E-state index in [2.05, 4.69) is 0 Å². The molecule has 0 aromatic heterocycles. The van der Waals surface area contributed by atoms with E-state index < -0.39 is 12.0 Å². The van der Waals surface area contributed by atoms with Gasteiger partial charge < -0.3 is 9.84 Å². The molecule has 0 aromatic rings. The molecule has 1 fully saturated rings. The van der Waals surface area contributed by atoms with Gasteiger partial charge in [0.2, 0.25) is 0 Å². The average Bonchev–Trinajstić information content (AvgIpc) is 2.08. The molecule has 0 radical (unpaired) electrons. The summed E-state index contributed by atoms with van der Waals surface area (Å²) in [6.07, 6.45) is -0.260. The second kappa shape index (κ2) is 2.47. The molecule has 1 aliphatic rings. The van der Waals surface area contributed by atoms with Crippen molar-refractivity contribution in [3.63, 3.8) is 0 Å². The van der Waals surface area contributed by atoms with Crippen molar-refractivity contribution in [3.8, 4) is 0 Å². The van der Waals surface area contributed by atoms with Crippen molar-refractivity contribution >= 4 is 0 Å². The molecule has 3 atom stereocenters. The number of hydrogen-bond acceptors (Lipinski definition) is 2. The van der Waals surface area contributed by atoms with Crippen molar-refractivity contribution in [2.24, 2.45) is 0 Å². The minimum absolute atomic E-state index is 0.106. The number of ether oxygens (including phenoxy) is 1. The van der Waals surface area contributed by atoms with Gasteiger partial charge in [-0.2, -0.15) is 0 Å². The van der Waals surface area contributed by atoms with Crippen molar-refractivity contribution < 1.29 is 14.2 Å². The zero-order valence-electron chi connectivity index (χ0n) is 6.30. The van der Waals surface area contributed by atoms with Gasteiger partial charge in [-0.1, -0.05) is 6.92 Å². The molecule has 0 bridgehead atoms. The maximum absolute atomic E-state index is 13.1. The van der Waals surface area contributed by atoms with E-state index in [4.69, 9.17) is 9.84 Å². The summed E-state index contributed by atoms with van der Waals surface area (Å²) >= 11 is 0. The van der Waals surface area contributed by atoms with Crippen LogP contribution in [0.3, 0.4) is 0 Å². The Kier molecular flexibility index (Phi) is 1.97. The highest BCUT2D eigenvalue weighted by molar-refractivity contribution is 4.86. The third kappa shape index (κ3) is 1.30. The summed E-state index contributed by atoms with van der Waals surface area (Å²) in [6, 6.07) is 0. The summed E-state index contributed by atoms with van der Waals surface area (Å²) in [6.45, 7) is 3.28. The summed E-state index contributed by atoms with van der Waals surface area (Å²) in [7, 11) is 0. The van der Waals surface area contributed by atoms with Crippen LogP contribution in [-0.2, 0) is 4.74 Å². The van der Waals surface area contributed by atoms with Gasteiger partial charge in [0.1, 0.15) is 0 Å². The maximum atomic E-state index is 13.1. The van der Waals surface area contributed by atoms with E-state index in [1.54, 1.807) is 0 Å². The fourth-order valence-electron chi connectivity index (χ4n) is 1.16. The topological polar surface area (TPSA) is 29.5 Å². The van der Waals surface area contributed by atoms with E-state index in [1.165, 1.54) is 6.92 Å². The molecule has 0 spiro atoms. The van der Waals surface area contributed by atoms with E-state index >= 15 is 0 Å². The Hall–Kier alpha value is -0.150. The zero-order valence-corrected chi connectivity index (χ0v) is 6.30. The van der Waals surface area contributed by atoms with Crippen LogP contribution in [0.15, 0.2) is 0 Å². The largest absolute Gasteiger partial charge is 0.365 e. The Labute approximate surface area is 60.0 Å². The van der Waals surface area contributed by atoms with Crippen molar-refractivity contribution in [2.45, 2.75) is 44.8 Å². The SMILES string of the molecule is CCC1C[C@@](C)(F)[C@@H](O)O1. The second-order valence-electron chi connectivity index (χ2n) is 3.00. The summed E-state index contributed by atoms with van der Waals surface area (Å²) in [5.74, 6) is 0. The number of hydrogen-bond donors (Lipinski definition) is 1. The Balaban J connectivity index is 2.53. The monoisotopic (exact) mass is 148 g/mol. The Morgan fingerprint density at radius 2 is 2.40 bits per heavy atom. The second-order valence-corrected chi connectivity index (χ2v) is 3.00. The first-order valence-electron chi connectivity index (χ1n) is 3.58. The van der Waals surface area contributed by atoms with Crippen molar-refractivity contribution in [2.75, 3.05) is 0 Å². The van der Waals surface area contributed by atoms with Gasteiger partial charge >= 0.3 is 0 Å². The Morgan fingerprint density at radius 1 is 1.80 bits per heavy atom. The minimum Gasteiger partial charge on any atom is -0.365 e. The third-order valence-electron chi connectivity index (χ3n) is 1.92. The first-order valence-corrected chi connectivity index (χ1v) is 3.58. The molecule has 0 saturated carbocycles. The molecule has 0 aliphatic carbocycles. The maximum Gasteiger partial charge on any atom is 0.189 e. The predicted molar refractivity (Wildman–Crippen MR) is 35.3 cm³/mol. The number of aliphatic hydroxyl groups is 1. The Bertz CT molecular complexity index is 125. The number of halogens is 1. The van der Waals surface area contributed by atoms with Gasteiger partial charge in [0.15, 0.2) is 12.0 Å². The van der Waals surface area contributed by atoms with Crippen LogP contribution in [-0.4, -0.2) is 23.2 Å². The smallest absolute Gasteiger partial charge is 0.189 e. The number of alkyl halides is 1. The van der Waals surface area contributed by atoms with Crippen molar-refractivity contribution in [1.82, 2.24) is 0 Å². The number of aliphatic hydroxyl groups excluding tert-OH is 1. The van der Waals surface area contributed by atoms with E-state index in [-0.39, 0.29) is 6.10 Å². The molecule has 1 N–H and O–H groups in total. The number of rotatable bonds is 1. The Morgan fingerprint density at radius 3 is 2.60 bits per heavy atom. The van der Waals surface area contributed by atoms with Gasteiger partial charge in [0, 0.05) is 6.42 Å². The van der Waals surface area contributed by atoms with Gasteiger partial charge in [0.25, 0.3) is 0 Å². The van der Waals surface area contributed by atoms with Gasteiger partial charge in [0.05, 0.1) is 6.10 Å². The minimum atomic E-state index is -1.54. The summed E-state index contributed by atoms with van der Waals surface area (Å²) in [5, 5.41) is 8.96. The molecule has 60 valence electrons. The third-order valence-corrected chi connectivity index (χ3v) is 1.92. The molecule has 1 rings (SSSR count). The highest BCUT2D eigenvalue weighted by Crippen LogP contribution is 2.33. The molecule has 1 saturated heterocycles. The lowest BCUT2D eigenvalue weighted by Crippen LogP contribution is -2.28. The molecule has 10 heavy (non-hydrogen) atoms.